The maximum Gasteiger partial charge on any atom is 0.341 e. The number of anilines is 2. The highest BCUT2D eigenvalue weighted by Gasteiger charge is 2.18. The molecule has 3 N–H and O–H groups in total. The first-order valence-corrected chi connectivity index (χ1v) is 7.39. The van der Waals surface area contributed by atoms with E-state index in [0.29, 0.717) is 21.3 Å². The summed E-state index contributed by atoms with van der Waals surface area (Å²) in [4.78, 5) is 24.0. The second kappa shape index (κ2) is 6.60. The molecule has 0 atom stereocenters. The molecule has 21 heavy (non-hydrogen) atoms. The van der Waals surface area contributed by atoms with Crippen LogP contribution >= 0.6 is 22.9 Å². The summed E-state index contributed by atoms with van der Waals surface area (Å²) in [6.45, 7) is 1.98. The van der Waals surface area contributed by atoms with E-state index in [1.165, 1.54) is 17.4 Å². The number of esters is 1. The molecular weight excluding hydrogens is 312 g/mol. The first-order chi connectivity index (χ1) is 10.0. The van der Waals surface area contributed by atoms with Gasteiger partial charge in [-0.15, -0.1) is 11.3 Å². The Labute approximate surface area is 130 Å². The SMILES string of the molecule is CCOC(=O)c1ccsc1NC(=O)c1cc(Cl)ccc1N. The van der Waals surface area contributed by atoms with E-state index in [4.69, 9.17) is 22.1 Å². The topological polar surface area (TPSA) is 81.4 Å². The minimum Gasteiger partial charge on any atom is -0.462 e. The number of amides is 1. The van der Waals surface area contributed by atoms with Crippen molar-refractivity contribution in [1.82, 2.24) is 0 Å². The summed E-state index contributed by atoms with van der Waals surface area (Å²) >= 11 is 7.09. The van der Waals surface area contributed by atoms with Crippen LogP contribution in [-0.4, -0.2) is 18.5 Å². The van der Waals surface area contributed by atoms with Crippen LogP contribution in [0.25, 0.3) is 0 Å². The van der Waals surface area contributed by atoms with E-state index < -0.39 is 11.9 Å². The van der Waals surface area contributed by atoms with Crippen LogP contribution < -0.4 is 11.1 Å². The van der Waals surface area contributed by atoms with Crippen molar-refractivity contribution in [1.29, 1.82) is 0 Å². The van der Waals surface area contributed by atoms with E-state index in [2.05, 4.69) is 5.32 Å². The molecule has 5 nitrogen and oxygen atoms in total. The van der Waals surface area contributed by atoms with E-state index in [9.17, 15) is 9.59 Å². The number of ether oxygens (including phenoxy) is 1. The molecule has 1 heterocycles. The van der Waals surface area contributed by atoms with E-state index in [1.807, 2.05) is 0 Å². The lowest BCUT2D eigenvalue weighted by Crippen LogP contribution is -2.15. The Bertz CT molecular complexity index is 685. The maximum atomic E-state index is 12.2. The van der Waals surface area contributed by atoms with Gasteiger partial charge in [-0.2, -0.15) is 0 Å². The van der Waals surface area contributed by atoms with Crippen LogP contribution in [0.5, 0.6) is 0 Å². The van der Waals surface area contributed by atoms with Crippen LogP contribution in [0, 0.1) is 0 Å². The Balaban J connectivity index is 2.22. The van der Waals surface area contributed by atoms with Crippen LogP contribution in [0.1, 0.15) is 27.6 Å². The van der Waals surface area contributed by atoms with Crippen molar-refractivity contribution in [2.45, 2.75) is 6.92 Å². The van der Waals surface area contributed by atoms with Gasteiger partial charge in [-0.05, 0) is 36.6 Å². The van der Waals surface area contributed by atoms with Crippen LogP contribution in [-0.2, 0) is 4.74 Å². The van der Waals surface area contributed by atoms with Crippen LogP contribution in [0.3, 0.4) is 0 Å². The zero-order valence-corrected chi connectivity index (χ0v) is 12.8. The van der Waals surface area contributed by atoms with Gasteiger partial charge in [-0.1, -0.05) is 11.6 Å². The summed E-state index contributed by atoms with van der Waals surface area (Å²) in [5, 5.41) is 5.18. The fourth-order valence-corrected chi connectivity index (χ4v) is 2.61. The molecular formula is C14H13ClN2O3S. The van der Waals surface area contributed by atoms with Gasteiger partial charge >= 0.3 is 5.97 Å². The second-order valence-corrected chi connectivity index (χ2v) is 5.42. The summed E-state index contributed by atoms with van der Waals surface area (Å²) in [5.74, 6) is -0.906. The van der Waals surface area contributed by atoms with Gasteiger partial charge in [0, 0.05) is 10.7 Å². The summed E-state index contributed by atoms with van der Waals surface area (Å²) in [7, 11) is 0. The molecule has 0 spiro atoms. The van der Waals surface area contributed by atoms with Crippen molar-refractivity contribution in [3.05, 3.63) is 45.8 Å². The molecule has 0 radical (unpaired) electrons. The summed E-state index contributed by atoms with van der Waals surface area (Å²) in [6, 6.07) is 6.23. The molecule has 110 valence electrons. The number of nitrogens with two attached hydrogens (primary N) is 1. The monoisotopic (exact) mass is 324 g/mol. The zero-order valence-electron chi connectivity index (χ0n) is 11.2. The third-order valence-electron chi connectivity index (χ3n) is 2.65. The van der Waals surface area contributed by atoms with E-state index in [-0.39, 0.29) is 12.2 Å². The van der Waals surface area contributed by atoms with Gasteiger partial charge in [-0.3, -0.25) is 4.79 Å². The van der Waals surface area contributed by atoms with Crippen molar-refractivity contribution < 1.29 is 14.3 Å². The lowest BCUT2D eigenvalue weighted by Gasteiger charge is -2.08. The number of thiophene rings is 1. The van der Waals surface area contributed by atoms with E-state index >= 15 is 0 Å². The third-order valence-corrected chi connectivity index (χ3v) is 3.71. The normalized spacial score (nSPS) is 10.2. The van der Waals surface area contributed by atoms with Gasteiger partial charge in [0.05, 0.1) is 17.7 Å². The fraction of sp³-hybridized carbons (Fsp3) is 0.143. The van der Waals surface area contributed by atoms with E-state index in [1.54, 1.807) is 30.5 Å². The average Bonchev–Trinajstić information content (AvgIpc) is 2.90. The highest BCUT2D eigenvalue weighted by atomic mass is 35.5. The van der Waals surface area contributed by atoms with Crippen LogP contribution in [0.15, 0.2) is 29.6 Å². The van der Waals surface area contributed by atoms with Gasteiger partial charge in [0.25, 0.3) is 5.91 Å². The number of nitrogens with one attached hydrogen (secondary N) is 1. The first-order valence-electron chi connectivity index (χ1n) is 6.14. The Morgan fingerprint density at radius 3 is 2.81 bits per heavy atom. The number of carbonyl (C=O) groups is 2. The summed E-state index contributed by atoms with van der Waals surface area (Å²) < 4.78 is 4.93. The first kappa shape index (κ1) is 15.3. The largest absolute Gasteiger partial charge is 0.462 e. The molecule has 2 rings (SSSR count). The molecule has 0 aliphatic rings. The smallest absolute Gasteiger partial charge is 0.341 e. The van der Waals surface area contributed by atoms with Gasteiger partial charge < -0.3 is 15.8 Å². The van der Waals surface area contributed by atoms with Crippen molar-refractivity contribution >= 4 is 45.5 Å². The molecule has 1 aromatic heterocycles. The molecule has 0 saturated heterocycles. The lowest BCUT2D eigenvalue weighted by molar-refractivity contribution is 0.0528. The Morgan fingerprint density at radius 2 is 2.10 bits per heavy atom. The number of benzene rings is 1. The van der Waals surface area contributed by atoms with Crippen LogP contribution in [0.4, 0.5) is 10.7 Å². The molecule has 7 heteroatoms. The molecule has 2 aromatic rings. The summed E-state index contributed by atoms with van der Waals surface area (Å²) in [6.07, 6.45) is 0. The quantitative estimate of drug-likeness (QED) is 0.667. The average molecular weight is 325 g/mol. The zero-order chi connectivity index (χ0) is 15.4. The number of rotatable bonds is 4. The lowest BCUT2D eigenvalue weighted by atomic mass is 10.1. The van der Waals surface area contributed by atoms with Crippen molar-refractivity contribution in [2.24, 2.45) is 0 Å². The van der Waals surface area contributed by atoms with Gasteiger partial charge in [-0.25, -0.2) is 4.79 Å². The number of nitrogen functional groups attached to an aromatic ring is 1. The minimum atomic E-state index is -0.479. The molecule has 0 aliphatic carbocycles. The third kappa shape index (κ3) is 3.53. The van der Waals surface area contributed by atoms with Gasteiger partial charge in [0.2, 0.25) is 0 Å². The molecule has 1 aromatic carbocycles. The summed E-state index contributed by atoms with van der Waals surface area (Å²) in [5.41, 5.74) is 6.64. The van der Waals surface area contributed by atoms with Crippen LogP contribution in [0.2, 0.25) is 5.02 Å². The van der Waals surface area contributed by atoms with Gasteiger partial charge in [0.1, 0.15) is 5.00 Å². The number of carbonyl (C=O) groups excluding carboxylic acids is 2. The number of halogens is 1. The molecule has 0 saturated carbocycles. The second-order valence-electron chi connectivity index (χ2n) is 4.07. The standard InChI is InChI=1S/C14H13ClN2O3S/c1-2-20-14(19)9-5-6-21-13(9)17-12(18)10-7-8(15)3-4-11(10)16/h3-7H,2,16H2,1H3,(H,17,18). The molecule has 0 fully saturated rings. The van der Waals surface area contributed by atoms with Crippen molar-refractivity contribution in [2.75, 3.05) is 17.7 Å². The molecule has 1 amide bonds. The molecule has 0 aliphatic heterocycles. The fourth-order valence-electron chi connectivity index (χ4n) is 1.67. The predicted octanol–water partition coefficient (Wildman–Crippen LogP) is 3.41. The van der Waals surface area contributed by atoms with Crippen molar-refractivity contribution in [3.8, 4) is 0 Å². The minimum absolute atomic E-state index is 0.255. The van der Waals surface area contributed by atoms with Gasteiger partial charge in [0.15, 0.2) is 0 Å². The van der Waals surface area contributed by atoms with Crippen molar-refractivity contribution in [3.63, 3.8) is 0 Å². The Kier molecular flexibility index (Phi) is 4.82. The Morgan fingerprint density at radius 1 is 1.33 bits per heavy atom. The molecule has 0 unspecified atom stereocenters. The molecule has 0 bridgehead atoms. The predicted molar refractivity (Wildman–Crippen MR) is 84.1 cm³/mol. The highest BCUT2D eigenvalue weighted by Crippen LogP contribution is 2.26. The van der Waals surface area contributed by atoms with E-state index in [0.717, 1.165) is 0 Å². The Hall–Kier alpha value is -2.05. The number of hydrogen-bond acceptors (Lipinski definition) is 5. The highest BCUT2D eigenvalue weighted by molar-refractivity contribution is 7.14. The number of hydrogen-bond donors (Lipinski definition) is 2. The maximum absolute atomic E-state index is 12.2.